The summed E-state index contributed by atoms with van der Waals surface area (Å²) in [5.41, 5.74) is -0.812. The molecule has 0 spiro atoms. The Bertz CT molecular complexity index is 524. The number of alkyl halides is 3. The fourth-order valence-corrected chi connectivity index (χ4v) is 3.13. The zero-order valence-electron chi connectivity index (χ0n) is 13.9. The van der Waals surface area contributed by atoms with Crippen LogP contribution in [0.3, 0.4) is 0 Å². The van der Waals surface area contributed by atoms with E-state index in [1.165, 1.54) is 6.07 Å². The minimum Gasteiger partial charge on any atom is -0.314 e. The lowest BCUT2D eigenvalue weighted by molar-refractivity contribution is -0.140. The van der Waals surface area contributed by atoms with Crippen LogP contribution in [-0.4, -0.2) is 31.1 Å². The highest BCUT2D eigenvalue weighted by Gasteiger charge is 2.37. The molecule has 24 heavy (non-hydrogen) atoms. The molecule has 2 rings (SSSR count). The summed E-state index contributed by atoms with van der Waals surface area (Å²) in [5.74, 6) is -1.20. The third-order valence-electron chi connectivity index (χ3n) is 3.95. The number of piperazine rings is 1. The first kappa shape index (κ1) is 23.4. The van der Waals surface area contributed by atoms with Crippen LogP contribution < -0.4 is 5.32 Å². The monoisotopic (exact) mass is 390 g/mol. The van der Waals surface area contributed by atoms with Crippen molar-refractivity contribution in [1.29, 1.82) is 0 Å². The second-order valence-corrected chi connectivity index (χ2v) is 6.79. The molecule has 1 aromatic rings. The van der Waals surface area contributed by atoms with E-state index in [0.29, 0.717) is 5.56 Å². The molecule has 0 aromatic heterocycles. The van der Waals surface area contributed by atoms with Crippen LogP contribution in [0.4, 0.5) is 17.6 Å². The van der Waals surface area contributed by atoms with Gasteiger partial charge in [-0.3, -0.25) is 4.90 Å². The minimum absolute atomic E-state index is 0. The fraction of sp³-hybridized carbons (Fsp3) is 0.625. The summed E-state index contributed by atoms with van der Waals surface area (Å²) in [6.07, 6.45) is -4.66. The van der Waals surface area contributed by atoms with Gasteiger partial charge < -0.3 is 5.32 Å². The molecule has 0 bridgehead atoms. The van der Waals surface area contributed by atoms with E-state index < -0.39 is 17.6 Å². The van der Waals surface area contributed by atoms with Crippen molar-refractivity contribution in [1.82, 2.24) is 10.2 Å². The van der Waals surface area contributed by atoms with Gasteiger partial charge in [-0.15, -0.1) is 24.8 Å². The lowest BCUT2D eigenvalue weighted by Crippen LogP contribution is -2.48. The van der Waals surface area contributed by atoms with E-state index in [1.54, 1.807) is 0 Å². The average Bonchev–Trinajstić information content (AvgIpc) is 2.37. The first-order valence-electron chi connectivity index (χ1n) is 7.42. The van der Waals surface area contributed by atoms with Crippen molar-refractivity contribution in [3.8, 4) is 0 Å². The molecule has 0 saturated carbocycles. The summed E-state index contributed by atoms with van der Waals surface area (Å²) in [6, 6.07) is 3.18. The smallest absolute Gasteiger partial charge is 0.314 e. The molecule has 1 heterocycles. The molecular formula is C16H24Cl2F4N2. The van der Waals surface area contributed by atoms with Crippen LogP contribution in [0, 0.1) is 11.2 Å². The van der Waals surface area contributed by atoms with Crippen LogP contribution >= 0.6 is 24.8 Å². The van der Waals surface area contributed by atoms with E-state index in [2.05, 4.69) is 10.2 Å². The zero-order chi connectivity index (χ0) is 16.5. The second kappa shape index (κ2) is 8.70. The number of nitrogens with zero attached hydrogens (tertiary/aromatic N) is 1. The van der Waals surface area contributed by atoms with Crippen LogP contribution in [0.1, 0.15) is 37.9 Å². The van der Waals surface area contributed by atoms with Gasteiger partial charge in [0, 0.05) is 32.2 Å². The number of benzene rings is 1. The molecule has 1 aliphatic heterocycles. The normalized spacial score (nSPS) is 17.6. The van der Waals surface area contributed by atoms with Crippen LogP contribution in [0.2, 0.25) is 0 Å². The van der Waals surface area contributed by atoms with Gasteiger partial charge in [-0.1, -0.05) is 26.8 Å². The maximum atomic E-state index is 13.9. The predicted octanol–water partition coefficient (Wildman–Crippen LogP) is 4.68. The molecular weight excluding hydrogens is 367 g/mol. The number of halogens is 6. The maximum absolute atomic E-state index is 13.9. The van der Waals surface area contributed by atoms with E-state index in [1.807, 2.05) is 20.8 Å². The van der Waals surface area contributed by atoms with E-state index in [0.717, 1.165) is 38.3 Å². The van der Waals surface area contributed by atoms with Gasteiger partial charge in [-0.05, 0) is 23.1 Å². The third kappa shape index (κ3) is 5.48. The molecule has 0 radical (unpaired) electrons. The highest BCUT2D eigenvalue weighted by molar-refractivity contribution is 5.85. The van der Waals surface area contributed by atoms with E-state index in [9.17, 15) is 17.6 Å². The van der Waals surface area contributed by atoms with Gasteiger partial charge in [0.05, 0.1) is 5.56 Å². The lowest BCUT2D eigenvalue weighted by atomic mass is 9.80. The Labute approximate surface area is 152 Å². The van der Waals surface area contributed by atoms with Crippen LogP contribution in [0.25, 0.3) is 0 Å². The average molecular weight is 391 g/mol. The van der Waals surface area contributed by atoms with Gasteiger partial charge in [-0.2, -0.15) is 13.2 Å². The zero-order valence-corrected chi connectivity index (χ0v) is 15.5. The lowest BCUT2D eigenvalue weighted by Gasteiger charge is -2.42. The summed E-state index contributed by atoms with van der Waals surface area (Å²) >= 11 is 0. The Morgan fingerprint density at radius 1 is 1.04 bits per heavy atom. The van der Waals surface area contributed by atoms with Crippen molar-refractivity contribution in [2.75, 3.05) is 26.2 Å². The first-order valence-corrected chi connectivity index (χ1v) is 7.42. The van der Waals surface area contributed by atoms with Crippen LogP contribution in [0.15, 0.2) is 18.2 Å². The molecule has 1 fully saturated rings. The van der Waals surface area contributed by atoms with Crippen LogP contribution in [-0.2, 0) is 6.18 Å². The van der Waals surface area contributed by atoms with Gasteiger partial charge in [0.15, 0.2) is 0 Å². The standard InChI is InChI=1S/C16H22F4N2.2ClH/c1-15(2,3)14(22-8-6-21-7-9-22)11-4-5-12(13(17)10-11)16(18,19)20;;/h4-5,10,14,21H,6-9H2,1-3H3;2*1H/t14-;;/m0../s1. The van der Waals surface area contributed by atoms with Gasteiger partial charge in [0.2, 0.25) is 0 Å². The van der Waals surface area contributed by atoms with Crippen molar-refractivity contribution in [2.24, 2.45) is 5.41 Å². The molecule has 1 aromatic carbocycles. The summed E-state index contributed by atoms with van der Waals surface area (Å²) in [7, 11) is 0. The summed E-state index contributed by atoms with van der Waals surface area (Å²) in [4.78, 5) is 2.21. The van der Waals surface area contributed by atoms with E-state index in [-0.39, 0.29) is 36.3 Å². The summed E-state index contributed by atoms with van der Waals surface area (Å²) < 4.78 is 52.0. The number of hydrogen-bond acceptors (Lipinski definition) is 2. The van der Waals surface area contributed by atoms with Gasteiger partial charge >= 0.3 is 6.18 Å². The SMILES string of the molecule is CC(C)(C)[C@H](c1ccc(C(F)(F)F)c(F)c1)N1CCNCC1.Cl.Cl. The molecule has 1 N–H and O–H groups in total. The molecule has 8 heteroatoms. The molecule has 1 aliphatic rings. The molecule has 0 unspecified atom stereocenters. The predicted molar refractivity (Wildman–Crippen MR) is 92.5 cm³/mol. The van der Waals surface area contributed by atoms with E-state index in [4.69, 9.17) is 0 Å². The van der Waals surface area contributed by atoms with Crippen molar-refractivity contribution in [2.45, 2.75) is 33.0 Å². The Morgan fingerprint density at radius 2 is 1.58 bits per heavy atom. The van der Waals surface area contributed by atoms with Crippen molar-refractivity contribution < 1.29 is 17.6 Å². The Hall–Kier alpha value is -0.560. The Kier molecular flexibility index (Phi) is 8.49. The van der Waals surface area contributed by atoms with Crippen molar-refractivity contribution >= 4 is 24.8 Å². The van der Waals surface area contributed by atoms with Crippen LogP contribution in [0.5, 0.6) is 0 Å². The topological polar surface area (TPSA) is 15.3 Å². The number of rotatable bonds is 2. The van der Waals surface area contributed by atoms with E-state index >= 15 is 0 Å². The van der Waals surface area contributed by atoms with Gasteiger partial charge in [0.1, 0.15) is 5.82 Å². The van der Waals surface area contributed by atoms with Crippen molar-refractivity contribution in [3.63, 3.8) is 0 Å². The molecule has 1 atom stereocenters. The maximum Gasteiger partial charge on any atom is 0.419 e. The molecule has 2 nitrogen and oxygen atoms in total. The fourth-order valence-electron chi connectivity index (χ4n) is 3.13. The Morgan fingerprint density at radius 3 is 2.00 bits per heavy atom. The number of nitrogens with one attached hydrogen (secondary N) is 1. The number of hydrogen-bond donors (Lipinski definition) is 1. The third-order valence-corrected chi connectivity index (χ3v) is 3.95. The molecule has 0 amide bonds. The van der Waals surface area contributed by atoms with Gasteiger partial charge in [-0.25, -0.2) is 4.39 Å². The summed E-state index contributed by atoms with van der Waals surface area (Å²) in [5, 5.41) is 3.25. The Balaban J connectivity index is 0.00000264. The highest BCUT2D eigenvalue weighted by atomic mass is 35.5. The van der Waals surface area contributed by atoms with Crippen molar-refractivity contribution in [3.05, 3.63) is 35.1 Å². The summed E-state index contributed by atoms with van der Waals surface area (Å²) in [6.45, 7) is 9.32. The quantitative estimate of drug-likeness (QED) is 0.737. The second-order valence-electron chi connectivity index (χ2n) is 6.79. The first-order chi connectivity index (χ1) is 10.1. The largest absolute Gasteiger partial charge is 0.419 e. The van der Waals surface area contributed by atoms with Gasteiger partial charge in [0.25, 0.3) is 0 Å². The minimum atomic E-state index is -4.66. The molecule has 140 valence electrons. The molecule has 1 saturated heterocycles. The highest BCUT2D eigenvalue weighted by Crippen LogP contribution is 2.40. The molecule has 0 aliphatic carbocycles.